The molecule has 0 bridgehead atoms. The van der Waals surface area contributed by atoms with E-state index in [4.69, 9.17) is 16.6 Å². The van der Waals surface area contributed by atoms with Gasteiger partial charge in [0.2, 0.25) is 0 Å². The zero-order valence-electron chi connectivity index (χ0n) is 16.8. The zero-order chi connectivity index (χ0) is 19.4. The zero-order valence-corrected chi connectivity index (χ0v) is 17.6. The molecule has 0 aliphatic carbocycles. The van der Waals surface area contributed by atoms with Crippen LogP contribution in [0.2, 0.25) is 5.02 Å². The van der Waals surface area contributed by atoms with Crippen LogP contribution in [-0.2, 0) is 0 Å². The molecule has 0 aliphatic rings. The van der Waals surface area contributed by atoms with E-state index in [1.807, 2.05) is 19.1 Å². The third-order valence-corrected chi connectivity index (χ3v) is 5.85. The minimum Gasteiger partial charge on any atom is -0.381 e. The molecule has 0 radical (unpaired) electrons. The SMILES string of the molecule is CCN(CC)CCCC(C)Nc1c2ccccc2nc2c(C)c(Cl)ccc12. The van der Waals surface area contributed by atoms with Gasteiger partial charge in [0.25, 0.3) is 0 Å². The molecule has 1 heterocycles. The molecule has 0 amide bonds. The molecule has 0 fully saturated rings. The van der Waals surface area contributed by atoms with Crippen LogP contribution in [-0.4, -0.2) is 35.6 Å². The largest absolute Gasteiger partial charge is 0.381 e. The first-order valence-corrected chi connectivity index (χ1v) is 10.4. The average Bonchev–Trinajstić information content (AvgIpc) is 2.68. The molecule has 4 heteroatoms. The fourth-order valence-electron chi connectivity index (χ4n) is 3.70. The van der Waals surface area contributed by atoms with Crippen molar-refractivity contribution in [2.75, 3.05) is 25.0 Å². The minimum absolute atomic E-state index is 0.394. The van der Waals surface area contributed by atoms with Crippen molar-refractivity contribution in [2.45, 2.75) is 46.6 Å². The topological polar surface area (TPSA) is 28.2 Å². The Kier molecular flexibility index (Phi) is 6.56. The highest BCUT2D eigenvalue weighted by Crippen LogP contribution is 2.35. The van der Waals surface area contributed by atoms with Crippen LogP contribution < -0.4 is 5.32 Å². The van der Waals surface area contributed by atoms with Crippen molar-refractivity contribution in [3.05, 3.63) is 47.0 Å². The van der Waals surface area contributed by atoms with Crippen LogP contribution in [0.3, 0.4) is 0 Å². The van der Waals surface area contributed by atoms with Crippen molar-refractivity contribution in [3.63, 3.8) is 0 Å². The Bertz CT molecular complexity index is 918. The maximum atomic E-state index is 6.36. The van der Waals surface area contributed by atoms with Crippen LogP contribution in [0, 0.1) is 6.92 Å². The standard InChI is InChI=1S/C23H30ClN3/c1-5-27(6-2)15-9-10-16(3)25-23-18-11-7-8-12-21(18)26-22-17(4)20(24)14-13-19(22)23/h7-8,11-14,16H,5-6,9-10,15H2,1-4H3,(H,25,26). The predicted molar refractivity (Wildman–Crippen MR) is 119 cm³/mol. The molecule has 2 aromatic carbocycles. The second-order valence-corrected chi connectivity index (χ2v) is 7.69. The number of benzene rings is 2. The Hall–Kier alpha value is -1.84. The molecule has 3 rings (SSSR count). The quantitative estimate of drug-likeness (QED) is 0.464. The number of hydrogen-bond donors (Lipinski definition) is 1. The summed E-state index contributed by atoms with van der Waals surface area (Å²) in [5.74, 6) is 0. The van der Waals surface area contributed by atoms with E-state index in [1.165, 1.54) is 17.5 Å². The summed E-state index contributed by atoms with van der Waals surface area (Å²) >= 11 is 6.36. The molecule has 3 aromatic rings. The summed E-state index contributed by atoms with van der Waals surface area (Å²) in [4.78, 5) is 7.36. The van der Waals surface area contributed by atoms with Crippen molar-refractivity contribution in [1.29, 1.82) is 0 Å². The van der Waals surface area contributed by atoms with Crippen molar-refractivity contribution >= 4 is 39.1 Å². The molecular weight excluding hydrogens is 354 g/mol. The second kappa shape index (κ2) is 8.90. The third-order valence-electron chi connectivity index (χ3n) is 5.44. The number of rotatable bonds is 8. The molecular formula is C23H30ClN3. The molecule has 1 N–H and O–H groups in total. The highest BCUT2D eigenvalue weighted by molar-refractivity contribution is 6.32. The van der Waals surface area contributed by atoms with Gasteiger partial charge in [0.05, 0.1) is 16.7 Å². The molecule has 0 saturated carbocycles. The van der Waals surface area contributed by atoms with Crippen LogP contribution in [0.5, 0.6) is 0 Å². The molecule has 27 heavy (non-hydrogen) atoms. The summed E-state index contributed by atoms with van der Waals surface area (Å²) in [6.45, 7) is 12.2. The van der Waals surface area contributed by atoms with Crippen LogP contribution in [0.4, 0.5) is 5.69 Å². The van der Waals surface area contributed by atoms with Gasteiger partial charge in [-0.1, -0.05) is 43.6 Å². The van der Waals surface area contributed by atoms with Gasteiger partial charge in [-0.15, -0.1) is 0 Å². The summed E-state index contributed by atoms with van der Waals surface area (Å²) in [6.07, 6.45) is 2.34. The van der Waals surface area contributed by atoms with Crippen molar-refractivity contribution in [2.24, 2.45) is 0 Å². The van der Waals surface area contributed by atoms with Gasteiger partial charge in [0.1, 0.15) is 0 Å². The fourth-order valence-corrected chi connectivity index (χ4v) is 3.86. The lowest BCUT2D eigenvalue weighted by Crippen LogP contribution is -2.25. The Labute approximate surface area is 167 Å². The minimum atomic E-state index is 0.394. The fraction of sp³-hybridized carbons (Fsp3) is 0.435. The Morgan fingerprint density at radius 3 is 2.56 bits per heavy atom. The van der Waals surface area contributed by atoms with Crippen molar-refractivity contribution in [3.8, 4) is 0 Å². The third kappa shape index (κ3) is 4.36. The Morgan fingerprint density at radius 1 is 1.07 bits per heavy atom. The lowest BCUT2D eigenvalue weighted by atomic mass is 10.0. The van der Waals surface area contributed by atoms with Crippen molar-refractivity contribution < 1.29 is 0 Å². The van der Waals surface area contributed by atoms with E-state index < -0.39 is 0 Å². The summed E-state index contributed by atoms with van der Waals surface area (Å²) in [7, 11) is 0. The molecule has 0 aliphatic heterocycles. The number of para-hydroxylation sites is 1. The van der Waals surface area contributed by atoms with Crippen LogP contribution in [0.15, 0.2) is 36.4 Å². The Balaban J connectivity index is 1.91. The Morgan fingerprint density at radius 2 is 1.81 bits per heavy atom. The lowest BCUT2D eigenvalue weighted by molar-refractivity contribution is 0.295. The van der Waals surface area contributed by atoms with Gasteiger partial charge in [0.15, 0.2) is 0 Å². The first-order chi connectivity index (χ1) is 13.0. The summed E-state index contributed by atoms with van der Waals surface area (Å²) < 4.78 is 0. The van der Waals surface area contributed by atoms with E-state index in [-0.39, 0.29) is 0 Å². The molecule has 1 aromatic heterocycles. The van der Waals surface area contributed by atoms with Crippen LogP contribution in [0.1, 0.15) is 39.2 Å². The summed E-state index contributed by atoms with van der Waals surface area (Å²) in [5, 5.41) is 6.86. The normalized spacial score (nSPS) is 12.8. The molecule has 3 nitrogen and oxygen atoms in total. The number of anilines is 1. The molecule has 0 saturated heterocycles. The van der Waals surface area contributed by atoms with E-state index in [0.717, 1.165) is 53.1 Å². The molecule has 0 spiro atoms. The van der Waals surface area contributed by atoms with Gasteiger partial charge in [-0.2, -0.15) is 0 Å². The summed E-state index contributed by atoms with van der Waals surface area (Å²) in [6, 6.07) is 12.8. The number of fused-ring (bicyclic) bond motifs is 2. The van der Waals surface area contributed by atoms with E-state index >= 15 is 0 Å². The van der Waals surface area contributed by atoms with Gasteiger partial charge < -0.3 is 10.2 Å². The number of nitrogens with zero attached hydrogens (tertiary/aromatic N) is 2. The highest BCUT2D eigenvalue weighted by Gasteiger charge is 2.14. The van der Waals surface area contributed by atoms with Gasteiger partial charge in [-0.25, -0.2) is 4.98 Å². The first-order valence-electron chi connectivity index (χ1n) is 10.0. The molecule has 1 atom stereocenters. The maximum Gasteiger partial charge on any atom is 0.0774 e. The number of hydrogen-bond acceptors (Lipinski definition) is 3. The van der Waals surface area contributed by atoms with E-state index in [2.05, 4.69) is 55.3 Å². The summed E-state index contributed by atoms with van der Waals surface area (Å²) in [5.41, 5.74) is 4.20. The lowest BCUT2D eigenvalue weighted by Gasteiger charge is -2.22. The monoisotopic (exact) mass is 383 g/mol. The van der Waals surface area contributed by atoms with Gasteiger partial charge >= 0.3 is 0 Å². The molecule has 144 valence electrons. The first kappa shape index (κ1) is 19.9. The van der Waals surface area contributed by atoms with Gasteiger partial charge in [0, 0.05) is 21.8 Å². The van der Waals surface area contributed by atoms with Gasteiger partial charge in [-0.3, -0.25) is 0 Å². The number of aryl methyl sites for hydroxylation is 1. The van der Waals surface area contributed by atoms with Crippen LogP contribution in [0.25, 0.3) is 21.8 Å². The number of pyridine rings is 1. The van der Waals surface area contributed by atoms with Crippen LogP contribution >= 0.6 is 11.6 Å². The highest BCUT2D eigenvalue weighted by atomic mass is 35.5. The van der Waals surface area contributed by atoms with E-state index in [1.54, 1.807) is 0 Å². The number of halogens is 1. The predicted octanol–water partition coefficient (Wildman–Crippen LogP) is 6.27. The van der Waals surface area contributed by atoms with E-state index in [0.29, 0.717) is 6.04 Å². The number of nitrogens with one attached hydrogen (secondary N) is 1. The van der Waals surface area contributed by atoms with Gasteiger partial charge in [-0.05, 0) is 70.1 Å². The average molecular weight is 384 g/mol. The molecule has 1 unspecified atom stereocenters. The van der Waals surface area contributed by atoms with Crippen molar-refractivity contribution in [1.82, 2.24) is 9.88 Å². The smallest absolute Gasteiger partial charge is 0.0774 e. The second-order valence-electron chi connectivity index (χ2n) is 7.29. The maximum absolute atomic E-state index is 6.36. The number of aromatic nitrogens is 1. The van der Waals surface area contributed by atoms with E-state index in [9.17, 15) is 0 Å².